The molecule has 5 heteroatoms. The summed E-state index contributed by atoms with van der Waals surface area (Å²) in [4.78, 5) is 20.0. The number of amides is 2. The predicted molar refractivity (Wildman–Crippen MR) is 112 cm³/mol. The molecule has 3 aliphatic rings. The zero-order chi connectivity index (χ0) is 19.1. The minimum atomic E-state index is 0.178. The maximum absolute atomic E-state index is 12.8. The number of hydrogen-bond donors (Lipinski definition) is 1. The van der Waals surface area contributed by atoms with Crippen LogP contribution in [0.2, 0.25) is 0 Å². The Labute approximate surface area is 166 Å². The van der Waals surface area contributed by atoms with E-state index in [1.807, 2.05) is 0 Å². The largest absolute Gasteiger partial charge is 0.335 e. The van der Waals surface area contributed by atoms with E-state index >= 15 is 0 Å². The second kappa shape index (κ2) is 10.7. The highest BCUT2D eigenvalue weighted by molar-refractivity contribution is 5.74. The van der Waals surface area contributed by atoms with Crippen molar-refractivity contribution in [2.75, 3.05) is 52.4 Å². The zero-order valence-corrected chi connectivity index (χ0v) is 17.8. The van der Waals surface area contributed by atoms with Crippen LogP contribution in [0, 0.1) is 11.8 Å². The number of likely N-dealkylation sites (tertiary alicyclic amines) is 1. The van der Waals surface area contributed by atoms with Crippen molar-refractivity contribution in [2.45, 2.75) is 71.3 Å². The Kier molecular flexibility index (Phi) is 8.25. The number of nitrogens with one attached hydrogen (secondary N) is 1. The highest BCUT2D eigenvalue weighted by Gasteiger charge is 2.25. The van der Waals surface area contributed by atoms with Gasteiger partial charge >= 0.3 is 6.03 Å². The summed E-state index contributed by atoms with van der Waals surface area (Å²) in [7, 11) is 0. The van der Waals surface area contributed by atoms with E-state index in [0.717, 1.165) is 70.4 Å². The van der Waals surface area contributed by atoms with E-state index in [1.165, 1.54) is 45.2 Å². The standard InChI is InChI=1S/C22H42N4O/c1-19(2)17-25-13-9-21(10-14-25)23-22(27)26-12-6-11-24(15-16-26)18-20-7-4-3-5-8-20/h19-21H,3-18H2,1-2H3,(H,23,27). The quantitative estimate of drug-likeness (QED) is 0.797. The fourth-order valence-corrected chi connectivity index (χ4v) is 5.13. The maximum Gasteiger partial charge on any atom is 0.317 e. The summed E-state index contributed by atoms with van der Waals surface area (Å²) in [6.45, 7) is 13.3. The van der Waals surface area contributed by atoms with Crippen molar-refractivity contribution < 1.29 is 4.79 Å². The topological polar surface area (TPSA) is 38.8 Å². The van der Waals surface area contributed by atoms with Gasteiger partial charge in [0, 0.05) is 51.9 Å². The Morgan fingerprint density at radius 2 is 1.59 bits per heavy atom. The molecule has 2 saturated heterocycles. The van der Waals surface area contributed by atoms with Crippen LogP contribution >= 0.6 is 0 Å². The monoisotopic (exact) mass is 378 g/mol. The molecule has 0 unspecified atom stereocenters. The molecule has 156 valence electrons. The lowest BCUT2D eigenvalue weighted by Gasteiger charge is -2.34. The molecule has 5 nitrogen and oxygen atoms in total. The molecule has 0 aromatic rings. The molecule has 27 heavy (non-hydrogen) atoms. The van der Waals surface area contributed by atoms with Crippen LogP contribution in [-0.2, 0) is 0 Å². The van der Waals surface area contributed by atoms with Crippen LogP contribution in [0.1, 0.15) is 65.2 Å². The molecule has 1 aliphatic carbocycles. The first kappa shape index (κ1) is 20.9. The van der Waals surface area contributed by atoms with Crippen LogP contribution < -0.4 is 5.32 Å². The van der Waals surface area contributed by atoms with Gasteiger partial charge in [0.15, 0.2) is 0 Å². The first-order valence-electron chi connectivity index (χ1n) is 11.6. The van der Waals surface area contributed by atoms with Crippen molar-refractivity contribution in [1.82, 2.24) is 20.0 Å². The molecule has 2 amide bonds. The number of rotatable bonds is 5. The fourth-order valence-electron chi connectivity index (χ4n) is 5.13. The van der Waals surface area contributed by atoms with Crippen molar-refractivity contribution in [3.05, 3.63) is 0 Å². The summed E-state index contributed by atoms with van der Waals surface area (Å²) in [6, 6.07) is 0.541. The third-order valence-electron chi connectivity index (χ3n) is 6.66. The Bertz CT molecular complexity index is 442. The van der Waals surface area contributed by atoms with Crippen molar-refractivity contribution in [1.29, 1.82) is 0 Å². The average Bonchev–Trinajstić information content (AvgIpc) is 2.89. The van der Waals surface area contributed by atoms with E-state index in [1.54, 1.807) is 0 Å². The highest BCUT2D eigenvalue weighted by atomic mass is 16.2. The third kappa shape index (κ3) is 6.94. The van der Waals surface area contributed by atoms with Crippen molar-refractivity contribution in [3.63, 3.8) is 0 Å². The van der Waals surface area contributed by atoms with Gasteiger partial charge in [-0.3, -0.25) is 0 Å². The highest BCUT2D eigenvalue weighted by Crippen LogP contribution is 2.24. The van der Waals surface area contributed by atoms with Gasteiger partial charge in [-0.2, -0.15) is 0 Å². The SMILES string of the molecule is CC(C)CN1CCC(NC(=O)N2CCCN(CC3CCCCC3)CC2)CC1. The maximum atomic E-state index is 12.8. The van der Waals surface area contributed by atoms with E-state index in [9.17, 15) is 4.79 Å². The van der Waals surface area contributed by atoms with Crippen molar-refractivity contribution >= 4 is 6.03 Å². The number of urea groups is 1. The van der Waals surface area contributed by atoms with Crippen molar-refractivity contribution in [3.8, 4) is 0 Å². The summed E-state index contributed by atoms with van der Waals surface area (Å²) >= 11 is 0. The summed E-state index contributed by atoms with van der Waals surface area (Å²) in [6.07, 6.45) is 10.4. The van der Waals surface area contributed by atoms with E-state index in [2.05, 4.69) is 33.9 Å². The summed E-state index contributed by atoms with van der Waals surface area (Å²) < 4.78 is 0. The van der Waals surface area contributed by atoms with Gasteiger partial charge in [0.1, 0.15) is 0 Å². The summed E-state index contributed by atoms with van der Waals surface area (Å²) in [5.74, 6) is 1.62. The molecule has 1 N–H and O–H groups in total. The van der Waals surface area contributed by atoms with Gasteiger partial charge in [0.25, 0.3) is 0 Å². The van der Waals surface area contributed by atoms with E-state index in [4.69, 9.17) is 0 Å². The molecule has 0 atom stereocenters. The van der Waals surface area contributed by atoms with E-state index in [0.29, 0.717) is 6.04 Å². The summed E-state index contributed by atoms with van der Waals surface area (Å²) in [5, 5.41) is 3.33. The van der Waals surface area contributed by atoms with Crippen LogP contribution in [0.25, 0.3) is 0 Å². The van der Waals surface area contributed by atoms with Gasteiger partial charge in [-0.05, 0) is 50.5 Å². The second-order valence-corrected chi connectivity index (χ2v) is 9.56. The number of carbonyl (C=O) groups excluding carboxylic acids is 1. The van der Waals surface area contributed by atoms with E-state index < -0.39 is 0 Å². The van der Waals surface area contributed by atoms with Crippen LogP contribution in [0.3, 0.4) is 0 Å². The van der Waals surface area contributed by atoms with E-state index in [-0.39, 0.29) is 6.03 Å². The molecule has 0 aromatic carbocycles. The molecule has 3 fully saturated rings. The third-order valence-corrected chi connectivity index (χ3v) is 6.66. The molecule has 0 radical (unpaired) electrons. The molecular weight excluding hydrogens is 336 g/mol. The van der Waals surface area contributed by atoms with Crippen LogP contribution in [0.15, 0.2) is 0 Å². The lowest BCUT2D eigenvalue weighted by molar-refractivity contribution is 0.163. The van der Waals surface area contributed by atoms with Gasteiger partial charge in [-0.25, -0.2) is 4.79 Å². The van der Waals surface area contributed by atoms with Crippen LogP contribution in [-0.4, -0.2) is 79.1 Å². The molecule has 0 bridgehead atoms. The van der Waals surface area contributed by atoms with Gasteiger partial charge in [-0.15, -0.1) is 0 Å². The Morgan fingerprint density at radius 1 is 0.852 bits per heavy atom. The minimum absolute atomic E-state index is 0.178. The van der Waals surface area contributed by atoms with Gasteiger partial charge in [0.05, 0.1) is 0 Å². The Morgan fingerprint density at radius 3 is 2.30 bits per heavy atom. The fraction of sp³-hybridized carbons (Fsp3) is 0.955. The molecule has 3 rings (SSSR count). The Balaban J connectivity index is 1.36. The van der Waals surface area contributed by atoms with Gasteiger partial charge in [0.2, 0.25) is 0 Å². The molecule has 0 spiro atoms. The predicted octanol–water partition coefficient (Wildman–Crippen LogP) is 3.40. The number of nitrogens with zero attached hydrogens (tertiary/aromatic N) is 3. The molecular formula is C22H42N4O. The van der Waals surface area contributed by atoms with Crippen LogP contribution in [0.4, 0.5) is 4.79 Å². The molecule has 2 aliphatic heterocycles. The first-order valence-corrected chi connectivity index (χ1v) is 11.6. The lowest BCUT2D eigenvalue weighted by Crippen LogP contribution is -2.50. The van der Waals surface area contributed by atoms with Gasteiger partial charge < -0.3 is 20.0 Å². The van der Waals surface area contributed by atoms with Crippen molar-refractivity contribution in [2.24, 2.45) is 11.8 Å². The zero-order valence-electron chi connectivity index (χ0n) is 17.8. The van der Waals surface area contributed by atoms with Gasteiger partial charge in [-0.1, -0.05) is 33.1 Å². The molecule has 1 saturated carbocycles. The smallest absolute Gasteiger partial charge is 0.317 e. The minimum Gasteiger partial charge on any atom is -0.335 e. The van der Waals surface area contributed by atoms with Crippen LogP contribution in [0.5, 0.6) is 0 Å². The number of hydrogen-bond acceptors (Lipinski definition) is 3. The normalized spacial score (nSPS) is 24.9. The Hall–Kier alpha value is -0.810. The second-order valence-electron chi connectivity index (χ2n) is 9.56. The lowest BCUT2D eigenvalue weighted by atomic mass is 9.89. The summed E-state index contributed by atoms with van der Waals surface area (Å²) in [5.41, 5.74) is 0. The number of carbonyl (C=O) groups is 1. The first-order chi connectivity index (χ1) is 13.1. The average molecular weight is 379 g/mol. The number of piperidine rings is 1. The molecule has 2 heterocycles. The molecule has 0 aromatic heterocycles.